The molecule has 0 radical (unpaired) electrons. The van der Waals surface area contributed by atoms with Crippen molar-refractivity contribution in [3.8, 4) is 0 Å². The van der Waals surface area contributed by atoms with Gasteiger partial charge in [-0.25, -0.2) is 0 Å². The topological polar surface area (TPSA) is 85.7 Å². The smallest absolute Gasteiger partial charge is 0.272 e. The summed E-state index contributed by atoms with van der Waals surface area (Å²) < 4.78 is 1.66. The highest BCUT2D eigenvalue weighted by Crippen LogP contribution is 2.21. The molecule has 0 aliphatic carbocycles. The monoisotopic (exact) mass is 361 g/mol. The highest BCUT2D eigenvalue weighted by atomic mass is 35.5. The summed E-state index contributed by atoms with van der Waals surface area (Å²) in [5.41, 5.74) is 6.77. The summed E-state index contributed by atoms with van der Waals surface area (Å²) in [6, 6.07) is 9.20. The zero-order valence-corrected chi connectivity index (χ0v) is 14.7. The van der Waals surface area contributed by atoms with Crippen LogP contribution < -0.4 is 10.6 Å². The first-order valence-corrected chi connectivity index (χ1v) is 8.45. The van der Waals surface area contributed by atoms with Crippen LogP contribution in [-0.4, -0.2) is 34.2 Å². The van der Waals surface area contributed by atoms with Crippen molar-refractivity contribution >= 4 is 29.2 Å². The van der Waals surface area contributed by atoms with Gasteiger partial charge in [-0.2, -0.15) is 5.10 Å². The number of halogens is 1. The molecule has 25 heavy (non-hydrogen) atoms. The summed E-state index contributed by atoms with van der Waals surface area (Å²) >= 11 is 6.11. The Labute approximate surface area is 151 Å². The van der Waals surface area contributed by atoms with Crippen molar-refractivity contribution in [2.75, 3.05) is 11.4 Å². The Kier molecular flexibility index (Phi) is 5.23. The second-order valence-corrected chi connectivity index (χ2v) is 6.33. The fraction of sp³-hybridized carbons (Fsp3) is 0.353. The van der Waals surface area contributed by atoms with Gasteiger partial charge in [-0.15, -0.1) is 0 Å². The zero-order chi connectivity index (χ0) is 17.8. The minimum absolute atomic E-state index is 0.153. The Morgan fingerprint density at radius 2 is 2.24 bits per heavy atom. The second-order valence-electron chi connectivity index (χ2n) is 5.92. The van der Waals surface area contributed by atoms with Crippen molar-refractivity contribution in [3.63, 3.8) is 0 Å². The minimum atomic E-state index is -0.652. The third kappa shape index (κ3) is 4.11. The average Bonchev–Trinajstić information content (AvgIpc) is 3.02. The van der Waals surface area contributed by atoms with Crippen molar-refractivity contribution in [2.24, 2.45) is 17.9 Å². The fourth-order valence-electron chi connectivity index (χ4n) is 2.71. The van der Waals surface area contributed by atoms with Crippen LogP contribution in [0.3, 0.4) is 0 Å². The van der Waals surface area contributed by atoms with E-state index in [1.807, 2.05) is 25.2 Å². The van der Waals surface area contributed by atoms with Crippen molar-refractivity contribution in [3.05, 3.63) is 47.1 Å². The Bertz CT molecular complexity index is 789. The molecule has 8 heteroatoms. The van der Waals surface area contributed by atoms with E-state index in [4.69, 9.17) is 22.2 Å². The number of amides is 1. The number of anilines is 1. The Balaban J connectivity index is 1.63. The molecule has 1 aromatic carbocycles. The number of hydrogen-bond acceptors (Lipinski definition) is 4. The predicted octanol–water partition coefficient (Wildman–Crippen LogP) is 2.10. The van der Waals surface area contributed by atoms with E-state index < -0.39 is 6.10 Å². The van der Waals surface area contributed by atoms with Gasteiger partial charge in [0, 0.05) is 37.3 Å². The number of nitrogens with two attached hydrogens (primary N) is 1. The van der Waals surface area contributed by atoms with Gasteiger partial charge in [0.2, 0.25) is 6.10 Å². The van der Waals surface area contributed by atoms with E-state index in [1.54, 1.807) is 27.9 Å². The Morgan fingerprint density at radius 1 is 1.44 bits per heavy atom. The van der Waals surface area contributed by atoms with Crippen molar-refractivity contribution < 1.29 is 9.63 Å². The Morgan fingerprint density at radius 3 is 2.96 bits per heavy atom. The number of piperidine rings is 1. The lowest BCUT2D eigenvalue weighted by molar-refractivity contribution is -0.132. The summed E-state index contributed by atoms with van der Waals surface area (Å²) in [4.78, 5) is 19.6. The minimum Gasteiger partial charge on any atom is -0.384 e. The van der Waals surface area contributed by atoms with Gasteiger partial charge in [-0.1, -0.05) is 35.0 Å². The second kappa shape index (κ2) is 7.57. The number of oxime groups is 1. The first-order chi connectivity index (χ1) is 12.0. The molecule has 1 unspecified atom stereocenters. The van der Waals surface area contributed by atoms with E-state index in [0.717, 1.165) is 12.0 Å². The SMILES string of the molecule is Cn1ccc(N2CCCC(O/N=C(\N)Cc3ccccc3Cl)C2=O)n1. The molecule has 1 aromatic heterocycles. The summed E-state index contributed by atoms with van der Waals surface area (Å²) in [5, 5.41) is 8.82. The molecule has 0 bridgehead atoms. The number of rotatable bonds is 5. The van der Waals surface area contributed by atoms with Gasteiger partial charge in [0.1, 0.15) is 5.84 Å². The maximum atomic E-state index is 12.6. The van der Waals surface area contributed by atoms with Crippen LogP contribution in [-0.2, 0) is 23.1 Å². The molecule has 0 spiro atoms. The number of carbonyl (C=O) groups excluding carboxylic acids is 1. The maximum Gasteiger partial charge on any atom is 0.272 e. The number of amidine groups is 1. The van der Waals surface area contributed by atoms with Crippen LogP contribution >= 0.6 is 11.6 Å². The third-order valence-corrected chi connectivity index (χ3v) is 4.36. The zero-order valence-electron chi connectivity index (χ0n) is 13.9. The molecule has 7 nitrogen and oxygen atoms in total. The lowest BCUT2D eigenvalue weighted by Crippen LogP contribution is -2.45. The first kappa shape index (κ1) is 17.3. The third-order valence-electron chi connectivity index (χ3n) is 3.99. The van der Waals surface area contributed by atoms with Crippen LogP contribution in [0.15, 0.2) is 41.7 Å². The molecular formula is C17H20ClN5O2. The number of aryl methyl sites for hydroxylation is 1. The molecule has 1 aliphatic heterocycles. The van der Waals surface area contributed by atoms with Gasteiger partial charge in [0.25, 0.3) is 5.91 Å². The average molecular weight is 362 g/mol. The number of benzene rings is 1. The van der Waals surface area contributed by atoms with Gasteiger partial charge in [0.05, 0.1) is 0 Å². The molecule has 132 valence electrons. The molecule has 2 heterocycles. The van der Waals surface area contributed by atoms with Crippen LogP contribution in [0.5, 0.6) is 0 Å². The lowest BCUT2D eigenvalue weighted by atomic mass is 10.1. The Hall–Kier alpha value is -2.54. The van der Waals surface area contributed by atoms with Gasteiger partial charge in [-0.3, -0.25) is 14.4 Å². The molecule has 2 N–H and O–H groups in total. The molecule has 3 rings (SSSR count). The van der Waals surface area contributed by atoms with Crippen molar-refractivity contribution in [1.29, 1.82) is 0 Å². The quantitative estimate of drug-likeness (QED) is 0.502. The highest BCUT2D eigenvalue weighted by molar-refractivity contribution is 6.31. The van der Waals surface area contributed by atoms with Crippen LogP contribution in [0, 0.1) is 0 Å². The van der Waals surface area contributed by atoms with Crippen molar-refractivity contribution in [2.45, 2.75) is 25.4 Å². The van der Waals surface area contributed by atoms with Crippen LogP contribution in [0.1, 0.15) is 18.4 Å². The number of nitrogens with zero attached hydrogens (tertiary/aromatic N) is 4. The summed E-state index contributed by atoms with van der Waals surface area (Å²) in [6.45, 7) is 0.620. The van der Waals surface area contributed by atoms with Crippen LogP contribution in [0.25, 0.3) is 0 Å². The van der Waals surface area contributed by atoms with E-state index in [2.05, 4.69) is 10.3 Å². The summed E-state index contributed by atoms with van der Waals surface area (Å²) in [7, 11) is 1.81. The van der Waals surface area contributed by atoms with Gasteiger partial charge < -0.3 is 10.6 Å². The van der Waals surface area contributed by atoms with Gasteiger partial charge >= 0.3 is 0 Å². The largest absolute Gasteiger partial charge is 0.384 e. The predicted molar refractivity (Wildman–Crippen MR) is 96.4 cm³/mol. The van der Waals surface area contributed by atoms with E-state index >= 15 is 0 Å². The number of carbonyl (C=O) groups is 1. The van der Waals surface area contributed by atoms with E-state index in [0.29, 0.717) is 30.2 Å². The molecule has 1 amide bonds. The molecular weight excluding hydrogens is 342 g/mol. The maximum absolute atomic E-state index is 12.6. The van der Waals surface area contributed by atoms with Crippen LogP contribution in [0.2, 0.25) is 5.02 Å². The summed E-state index contributed by atoms with van der Waals surface area (Å²) in [5.74, 6) is 0.740. The molecule has 0 saturated carbocycles. The normalized spacial score (nSPS) is 18.5. The van der Waals surface area contributed by atoms with Gasteiger partial charge in [-0.05, 0) is 24.5 Å². The first-order valence-electron chi connectivity index (χ1n) is 8.07. The van der Waals surface area contributed by atoms with E-state index in [1.165, 1.54) is 0 Å². The summed E-state index contributed by atoms with van der Waals surface area (Å²) in [6.07, 6.45) is 2.93. The molecule has 1 fully saturated rings. The standard InChI is InChI=1S/C17H20ClN5O2/c1-22-10-8-16(20-22)23-9-4-7-14(17(23)24)25-21-15(19)11-12-5-2-3-6-13(12)18/h2-3,5-6,8,10,14H,4,7,9,11H2,1H3,(H2,19,21). The lowest BCUT2D eigenvalue weighted by Gasteiger charge is -2.29. The molecule has 1 aliphatic rings. The number of hydrogen-bond donors (Lipinski definition) is 1. The highest BCUT2D eigenvalue weighted by Gasteiger charge is 2.32. The van der Waals surface area contributed by atoms with E-state index in [-0.39, 0.29) is 11.7 Å². The molecule has 1 saturated heterocycles. The molecule has 2 aromatic rings. The van der Waals surface area contributed by atoms with Gasteiger partial charge in [0.15, 0.2) is 5.82 Å². The fourth-order valence-corrected chi connectivity index (χ4v) is 2.92. The number of aromatic nitrogens is 2. The van der Waals surface area contributed by atoms with E-state index in [9.17, 15) is 4.79 Å². The van der Waals surface area contributed by atoms with Crippen LogP contribution in [0.4, 0.5) is 5.82 Å². The molecule has 1 atom stereocenters. The van der Waals surface area contributed by atoms with Crippen molar-refractivity contribution in [1.82, 2.24) is 9.78 Å².